The van der Waals surface area contributed by atoms with Gasteiger partial charge in [0.05, 0.1) is 15.7 Å². The normalized spacial score (nSPS) is 11.8. The van der Waals surface area contributed by atoms with E-state index in [1.807, 2.05) is 19.9 Å². The SMILES string of the molecule is CCc1nc2c(Br)cc(C)cn2c1C(=O)Nc1ccc(C(F)(F)F)cc1. The van der Waals surface area contributed by atoms with Crippen molar-refractivity contribution in [3.8, 4) is 0 Å². The average Bonchev–Trinajstić information content (AvgIpc) is 2.93. The number of hydrogen-bond donors (Lipinski definition) is 1. The van der Waals surface area contributed by atoms with E-state index >= 15 is 0 Å². The van der Waals surface area contributed by atoms with Crippen molar-refractivity contribution in [1.82, 2.24) is 9.38 Å². The van der Waals surface area contributed by atoms with Crippen molar-refractivity contribution in [2.45, 2.75) is 26.4 Å². The Kier molecular flexibility index (Phi) is 4.79. The van der Waals surface area contributed by atoms with Crippen molar-refractivity contribution in [2.75, 3.05) is 5.32 Å². The van der Waals surface area contributed by atoms with Crippen LogP contribution in [0.2, 0.25) is 0 Å². The molecule has 1 N–H and O–H groups in total. The molecule has 0 aliphatic heterocycles. The van der Waals surface area contributed by atoms with Gasteiger partial charge in [-0.3, -0.25) is 9.20 Å². The Labute approximate surface area is 156 Å². The molecule has 0 radical (unpaired) electrons. The van der Waals surface area contributed by atoms with Crippen LogP contribution in [-0.4, -0.2) is 15.3 Å². The molecule has 136 valence electrons. The zero-order valence-electron chi connectivity index (χ0n) is 14.0. The number of imidazole rings is 1. The Hall–Kier alpha value is -2.35. The van der Waals surface area contributed by atoms with Crippen molar-refractivity contribution >= 4 is 33.2 Å². The number of nitrogens with one attached hydrogen (secondary N) is 1. The highest BCUT2D eigenvalue weighted by Crippen LogP contribution is 2.30. The molecule has 26 heavy (non-hydrogen) atoms. The lowest BCUT2D eigenvalue weighted by atomic mass is 10.2. The first-order valence-electron chi connectivity index (χ1n) is 7.86. The molecular weight excluding hydrogens is 411 g/mol. The summed E-state index contributed by atoms with van der Waals surface area (Å²) >= 11 is 3.45. The largest absolute Gasteiger partial charge is 0.416 e. The molecule has 3 rings (SSSR count). The van der Waals surface area contributed by atoms with Gasteiger partial charge in [0.1, 0.15) is 5.69 Å². The maximum atomic E-state index is 12.8. The number of carbonyl (C=O) groups is 1. The molecule has 0 spiro atoms. The minimum Gasteiger partial charge on any atom is -0.321 e. The molecular formula is C18H15BrF3N3O. The van der Waals surface area contributed by atoms with Crippen LogP contribution in [0.3, 0.4) is 0 Å². The summed E-state index contributed by atoms with van der Waals surface area (Å²) in [5.74, 6) is -0.424. The standard InChI is InChI=1S/C18H15BrF3N3O/c1-3-14-15(25-9-10(2)8-13(19)16(25)24-14)17(26)23-12-6-4-11(5-7-12)18(20,21)22/h4-9H,3H2,1-2H3,(H,23,26). The van der Waals surface area contributed by atoms with Crippen LogP contribution in [0.15, 0.2) is 41.0 Å². The third-order valence-corrected chi connectivity index (χ3v) is 4.49. The van der Waals surface area contributed by atoms with Crippen molar-refractivity contribution in [2.24, 2.45) is 0 Å². The number of benzene rings is 1. The molecule has 3 aromatic rings. The van der Waals surface area contributed by atoms with Crippen molar-refractivity contribution in [3.63, 3.8) is 0 Å². The maximum Gasteiger partial charge on any atom is 0.416 e. The van der Waals surface area contributed by atoms with Gasteiger partial charge in [0.2, 0.25) is 0 Å². The summed E-state index contributed by atoms with van der Waals surface area (Å²) in [4.78, 5) is 17.3. The highest BCUT2D eigenvalue weighted by atomic mass is 79.9. The van der Waals surface area contributed by atoms with E-state index in [4.69, 9.17) is 0 Å². The number of rotatable bonds is 3. The molecule has 1 amide bonds. The number of alkyl halides is 3. The molecule has 0 aliphatic carbocycles. The fourth-order valence-electron chi connectivity index (χ4n) is 2.70. The molecule has 2 heterocycles. The van der Waals surface area contributed by atoms with E-state index in [0.717, 1.165) is 22.2 Å². The van der Waals surface area contributed by atoms with Gasteiger partial charge in [0.15, 0.2) is 5.65 Å². The molecule has 0 fully saturated rings. The number of aryl methyl sites for hydroxylation is 2. The van der Waals surface area contributed by atoms with E-state index in [1.54, 1.807) is 10.6 Å². The smallest absolute Gasteiger partial charge is 0.321 e. The minimum absolute atomic E-state index is 0.284. The predicted molar refractivity (Wildman–Crippen MR) is 96.4 cm³/mol. The lowest BCUT2D eigenvalue weighted by Gasteiger charge is -2.10. The van der Waals surface area contributed by atoms with Gasteiger partial charge in [-0.1, -0.05) is 6.92 Å². The van der Waals surface area contributed by atoms with Gasteiger partial charge in [-0.2, -0.15) is 13.2 Å². The highest BCUT2D eigenvalue weighted by molar-refractivity contribution is 9.10. The predicted octanol–water partition coefficient (Wildman–Crippen LogP) is 5.24. The topological polar surface area (TPSA) is 46.4 Å². The number of carbonyl (C=O) groups excluding carboxylic acids is 1. The Balaban J connectivity index is 1.97. The van der Waals surface area contributed by atoms with E-state index in [-0.39, 0.29) is 5.69 Å². The number of anilines is 1. The van der Waals surface area contributed by atoms with Gasteiger partial charge in [-0.25, -0.2) is 4.98 Å². The van der Waals surface area contributed by atoms with E-state index in [1.165, 1.54) is 12.1 Å². The number of pyridine rings is 1. The van der Waals surface area contributed by atoms with E-state index < -0.39 is 17.6 Å². The monoisotopic (exact) mass is 425 g/mol. The van der Waals surface area contributed by atoms with Crippen LogP contribution >= 0.6 is 15.9 Å². The quantitative estimate of drug-likeness (QED) is 0.623. The third-order valence-electron chi connectivity index (χ3n) is 3.90. The minimum atomic E-state index is -4.41. The number of hydrogen-bond acceptors (Lipinski definition) is 2. The molecule has 0 atom stereocenters. The lowest BCUT2D eigenvalue weighted by Crippen LogP contribution is -2.16. The van der Waals surface area contributed by atoms with Crippen LogP contribution in [0.4, 0.5) is 18.9 Å². The molecule has 0 bridgehead atoms. The number of halogens is 4. The summed E-state index contributed by atoms with van der Waals surface area (Å²) in [6.07, 6.45) is -2.07. The molecule has 8 heteroatoms. The zero-order valence-corrected chi connectivity index (χ0v) is 15.6. The van der Waals surface area contributed by atoms with Crippen molar-refractivity contribution in [3.05, 3.63) is 63.5 Å². The van der Waals surface area contributed by atoms with Crippen LogP contribution in [0.1, 0.15) is 34.2 Å². The van der Waals surface area contributed by atoms with Gasteiger partial charge in [-0.05, 0) is 65.2 Å². The first kappa shape index (κ1) is 18.4. The van der Waals surface area contributed by atoms with Crippen molar-refractivity contribution < 1.29 is 18.0 Å². The van der Waals surface area contributed by atoms with Crippen molar-refractivity contribution in [1.29, 1.82) is 0 Å². The number of aromatic nitrogens is 2. The first-order valence-corrected chi connectivity index (χ1v) is 8.65. The summed E-state index contributed by atoms with van der Waals surface area (Å²) in [5, 5.41) is 2.65. The van der Waals surface area contributed by atoms with Crippen LogP contribution in [0.5, 0.6) is 0 Å². The second-order valence-corrected chi connectivity index (χ2v) is 6.70. The Morgan fingerprint density at radius 1 is 1.27 bits per heavy atom. The van der Waals surface area contributed by atoms with Crippen LogP contribution in [0.25, 0.3) is 5.65 Å². The Morgan fingerprint density at radius 2 is 1.92 bits per heavy atom. The fraction of sp³-hybridized carbons (Fsp3) is 0.222. The van der Waals surface area contributed by atoms with E-state index in [2.05, 4.69) is 26.2 Å². The van der Waals surface area contributed by atoms with E-state index in [9.17, 15) is 18.0 Å². The van der Waals surface area contributed by atoms with Crippen LogP contribution < -0.4 is 5.32 Å². The molecule has 0 aliphatic rings. The summed E-state index contributed by atoms with van der Waals surface area (Å²) in [6.45, 7) is 3.78. The van der Waals surface area contributed by atoms with E-state index in [0.29, 0.717) is 23.5 Å². The maximum absolute atomic E-state index is 12.8. The lowest BCUT2D eigenvalue weighted by molar-refractivity contribution is -0.137. The highest BCUT2D eigenvalue weighted by Gasteiger charge is 2.30. The van der Waals surface area contributed by atoms with Crippen LogP contribution in [-0.2, 0) is 12.6 Å². The molecule has 0 saturated heterocycles. The molecule has 1 aromatic carbocycles. The fourth-order valence-corrected chi connectivity index (χ4v) is 3.34. The number of nitrogens with zero attached hydrogens (tertiary/aromatic N) is 2. The molecule has 0 unspecified atom stereocenters. The van der Waals surface area contributed by atoms with Gasteiger partial charge >= 0.3 is 6.18 Å². The zero-order chi connectivity index (χ0) is 19.1. The van der Waals surface area contributed by atoms with Gasteiger partial charge < -0.3 is 5.32 Å². The Bertz CT molecular complexity index is 978. The summed E-state index contributed by atoms with van der Waals surface area (Å²) in [5.41, 5.74) is 2.05. The third kappa shape index (κ3) is 3.46. The average molecular weight is 426 g/mol. The van der Waals surface area contributed by atoms with Gasteiger partial charge in [0, 0.05) is 11.9 Å². The molecule has 4 nitrogen and oxygen atoms in total. The molecule has 2 aromatic heterocycles. The summed E-state index contributed by atoms with van der Waals surface area (Å²) in [7, 11) is 0. The number of amides is 1. The van der Waals surface area contributed by atoms with Gasteiger partial charge in [-0.15, -0.1) is 0 Å². The summed E-state index contributed by atoms with van der Waals surface area (Å²) < 4.78 is 40.4. The second-order valence-electron chi connectivity index (χ2n) is 5.85. The Morgan fingerprint density at radius 3 is 2.50 bits per heavy atom. The second kappa shape index (κ2) is 6.75. The van der Waals surface area contributed by atoms with Gasteiger partial charge in [0.25, 0.3) is 5.91 Å². The molecule has 0 saturated carbocycles. The first-order chi connectivity index (χ1) is 12.2. The number of fused-ring (bicyclic) bond motifs is 1. The summed E-state index contributed by atoms with van der Waals surface area (Å²) in [6, 6.07) is 6.24. The van der Waals surface area contributed by atoms with Crippen LogP contribution in [0, 0.1) is 6.92 Å².